The first kappa shape index (κ1) is 18.4. The summed E-state index contributed by atoms with van der Waals surface area (Å²) in [5, 5.41) is 12.0. The summed E-state index contributed by atoms with van der Waals surface area (Å²) in [4.78, 5) is 37.3. The zero-order chi connectivity index (χ0) is 19.2. The summed E-state index contributed by atoms with van der Waals surface area (Å²) in [6.07, 6.45) is 0.252. The summed E-state index contributed by atoms with van der Waals surface area (Å²) < 4.78 is 5.32. The fourth-order valence-corrected chi connectivity index (χ4v) is 3.00. The van der Waals surface area contributed by atoms with Crippen LogP contribution in [-0.4, -0.2) is 47.0 Å². The van der Waals surface area contributed by atoms with Crippen molar-refractivity contribution >= 4 is 17.8 Å². The van der Waals surface area contributed by atoms with Crippen molar-refractivity contribution in [3.05, 3.63) is 65.7 Å². The lowest BCUT2D eigenvalue weighted by Gasteiger charge is -2.34. The van der Waals surface area contributed by atoms with E-state index in [-0.39, 0.29) is 26.1 Å². The number of nitrogens with zero attached hydrogens (tertiary/aromatic N) is 1. The number of para-hydroxylation sites is 1. The highest BCUT2D eigenvalue weighted by molar-refractivity contribution is 5.88. The molecule has 1 aliphatic heterocycles. The van der Waals surface area contributed by atoms with Crippen molar-refractivity contribution in [2.24, 2.45) is 0 Å². The number of carbonyl (C=O) groups is 3. The van der Waals surface area contributed by atoms with Crippen molar-refractivity contribution in [1.29, 1.82) is 0 Å². The fourth-order valence-electron chi connectivity index (χ4n) is 3.00. The van der Waals surface area contributed by atoms with Crippen LogP contribution in [0.15, 0.2) is 54.6 Å². The molecule has 140 valence electrons. The number of nitrogens with one attached hydrogen (secondary N) is 1. The normalized spacial score (nSPS) is 15.6. The molecule has 2 aromatic rings. The molecule has 2 aromatic carbocycles. The van der Waals surface area contributed by atoms with E-state index < -0.39 is 23.8 Å². The molecule has 0 aliphatic carbocycles. The van der Waals surface area contributed by atoms with E-state index >= 15 is 0 Å². The highest BCUT2D eigenvalue weighted by Gasteiger charge is 2.34. The number of benzene rings is 2. The maximum Gasteiger partial charge on any atom is 0.326 e. The molecule has 0 fully saturated rings. The lowest BCUT2D eigenvalue weighted by molar-refractivity contribution is -0.151. The van der Waals surface area contributed by atoms with Crippen LogP contribution in [0.25, 0.3) is 0 Å². The van der Waals surface area contributed by atoms with Crippen molar-refractivity contribution in [3.63, 3.8) is 0 Å². The number of carboxylic acids is 1. The Balaban J connectivity index is 1.56. The topological polar surface area (TPSA) is 95.9 Å². The van der Waals surface area contributed by atoms with Gasteiger partial charge in [-0.3, -0.25) is 9.59 Å². The number of hydrogen-bond acceptors (Lipinski definition) is 4. The Labute approximate surface area is 156 Å². The number of carbonyl (C=O) groups excluding carboxylic acids is 2. The molecule has 0 saturated carbocycles. The average Bonchev–Trinajstić information content (AvgIpc) is 2.70. The summed E-state index contributed by atoms with van der Waals surface area (Å²) >= 11 is 0. The second-order valence-electron chi connectivity index (χ2n) is 6.23. The molecule has 0 saturated heterocycles. The van der Waals surface area contributed by atoms with E-state index in [0.29, 0.717) is 5.75 Å². The molecule has 0 radical (unpaired) electrons. The van der Waals surface area contributed by atoms with Gasteiger partial charge in [0.1, 0.15) is 11.8 Å². The number of fused-ring (bicyclic) bond motifs is 1. The minimum absolute atomic E-state index is 0.211. The number of hydrogen-bond donors (Lipinski definition) is 2. The van der Waals surface area contributed by atoms with E-state index in [2.05, 4.69) is 5.32 Å². The van der Waals surface area contributed by atoms with Gasteiger partial charge >= 0.3 is 5.97 Å². The van der Waals surface area contributed by atoms with Gasteiger partial charge in [-0.1, -0.05) is 42.5 Å². The molecule has 0 bridgehead atoms. The predicted molar refractivity (Wildman–Crippen MR) is 97.1 cm³/mol. The van der Waals surface area contributed by atoms with Crippen molar-refractivity contribution in [2.75, 3.05) is 13.2 Å². The molecular weight excluding hydrogens is 348 g/mol. The van der Waals surface area contributed by atoms with Gasteiger partial charge < -0.3 is 20.1 Å². The van der Waals surface area contributed by atoms with Gasteiger partial charge in [-0.2, -0.15) is 0 Å². The number of ether oxygens (including phenoxy) is 1. The monoisotopic (exact) mass is 368 g/mol. The Morgan fingerprint density at radius 3 is 2.41 bits per heavy atom. The van der Waals surface area contributed by atoms with Gasteiger partial charge in [-0.15, -0.1) is 0 Å². The van der Waals surface area contributed by atoms with Crippen LogP contribution in [0.3, 0.4) is 0 Å². The first-order chi connectivity index (χ1) is 13.0. The molecule has 7 heteroatoms. The Morgan fingerprint density at radius 1 is 1.04 bits per heavy atom. The standard InChI is InChI=1S/C20H20N2O5/c23-18(13-27-16-8-2-1-3-9-16)21-11-19(24)22-12-15-7-5-4-6-14(15)10-17(22)20(25)26/h1-9,17H,10-13H2,(H,21,23)(H,25,26). The van der Waals surface area contributed by atoms with Crippen LogP contribution in [0.1, 0.15) is 11.1 Å². The summed E-state index contributed by atoms with van der Waals surface area (Å²) in [6.45, 7) is -0.284. The van der Waals surface area contributed by atoms with E-state index in [9.17, 15) is 19.5 Å². The van der Waals surface area contributed by atoms with Crippen molar-refractivity contribution in [2.45, 2.75) is 19.0 Å². The zero-order valence-electron chi connectivity index (χ0n) is 14.6. The molecule has 1 unspecified atom stereocenters. The minimum Gasteiger partial charge on any atom is -0.484 e. The number of aliphatic carboxylic acids is 1. The van der Waals surface area contributed by atoms with Crippen LogP contribution in [0.2, 0.25) is 0 Å². The maximum absolute atomic E-state index is 12.5. The Hall–Kier alpha value is -3.35. The highest BCUT2D eigenvalue weighted by Crippen LogP contribution is 2.23. The van der Waals surface area contributed by atoms with Crippen LogP contribution in [0, 0.1) is 0 Å². The Morgan fingerprint density at radius 2 is 1.70 bits per heavy atom. The van der Waals surface area contributed by atoms with Gasteiger partial charge in [0.05, 0.1) is 6.54 Å². The molecule has 0 aromatic heterocycles. The lowest BCUT2D eigenvalue weighted by atomic mass is 9.94. The van der Waals surface area contributed by atoms with E-state index in [0.717, 1.165) is 11.1 Å². The van der Waals surface area contributed by atoms with Crippen molar-refractivity contribution in [1.82, 2.24) is 10.2 Å². The van der Waals surface area contributed by atoms with Crippen LogP contribution in [-0.2, 0) is 27.3 Å². The quantitative estimate of drug-likeness (QED) is 0.799. The SMILES string of the molecule is O=C(COc1ccccc1)NCC(=O)N1Cc2ccccc2CC1C(=O)O. The third-order valence-electron chi connectivity index (χ3n) is 4.40. The number of amides is 2. The van der Waals surface area contributed by atoms with Crippen molar-refractivity contribution in [3.8, 4) is 5.75 Å². The Kier molecular flexibility index (Phi) is 5.71. The molecule has 1 atom stereocenters. The molecule has 0 spiro atoms. The minimum atomic E-state index is -1.06. The molecule has 27 heavy (non-hydrogen) atoms. The van der Waals surface area contributed by atoms with E-state index in [1.807, 2.05) is 30.3 Å². The van der Waals surface area contributed by atoms with E-state index in [1.165, 1.54) is 4.90 Å². The van der Waals surface area contributed by atoms with Crippen molar-refractivity contribution < 1.29 is 24.2 Å². The molecule has 1 heterocycles. The lowest BCUT2D eigenvalue weighted by Crippen LogP contribution is -2.51. The van der Waals surface area contributed by atoms with Crippen LogP contribution >= 0.6 is 0 Å². The molecule has 7 nitrogen and oxygen atoms in total. The molecule has 2 N–H and O–H groups in total. The maximum atomic E-state index is 12.5. The van der Waals surface area contributed by atoms with Gasteiger partial charge in [0, 0.05) is 13.0 Å². The molecule has 2 amide bonds. The average molecular weight is 368 g/mol. The smallest absolute Gasteiger partial charge is 0.326 e. The number of rotatable bonds is 6. The van der Waals surface area contributed by atoms with Crippen LogP contribution < -0.4 is 10.1 Å². The summed E-state index contributed by atoms with van der Waals surface area (Å²) in [5.41, 5.74) is 1.84. The second kappa shape index (κ2) is 8.35. The third kappa shape index (κ3) is 4.63. The van der Waals surface area contributed by atoms with E-state index in [1.54, 1.807) is 24.3 Å². The molecule has 1 aliphatic rings. The molecule has 3 rings (SSSR count). The fraction of sp³-hybridized carbons (Fsp3) is 0.250. The Bertz CT molecular complexity index is 837. The summed E-state index contributed by atoms with van der Waals surface area (Å²) in [6, 6.07) is 15.4. The van der Waals surface area contributed by atoms with Gasteiger partial charge in [-0.25, -0.2) is 4.79 Å². The van der Waals surface area contributed by atoms with Crippen LogP contribution in [0.5, 0.6) is 5.75 Å². The largest absolute Gasteiger partial charge is 0.484 e. The zero-order valence-corrected chi connectivity index (χ0v) is 14.6. The van der Waals surface area contributed by atoms with Crippen LogP contribution in [0.4, 0.5) is 0 Å². The second-order valence-corrected chi connectivity index (χ2v) is 6.23. The third-order valence-corrected chi connectivity index (χ3v) is 4.40. The van der Waals surface area contributed by atoms with Gasteiger partial charge in [0.25, 0.3) is 5.91 Å². The predicted octanol–water partition coefficient (Wildman–Crippen LogP) is 1.22. The van der Waals surface area contributed by atoms with Gasteiger partial charge in [0.2, 0.25) is 5.91 Å². The van der Waals surface area contributed by atoms with Gasteiger partial charge in [0.15, 0.2) is 6.61 Å². The summed E-state index contributed by atoms with van der Waals surface area (Å²) in [7, 11) is 0. The highest BCUT2D eigenvalue weighted by atomic mass is 16.5. The van der Waals surface area contributed by atoms with E-state index in [4.69, 9.17) is 4.74 Å². The summed E-state index contributed by atoms with van der Waals surface area (Å²) in [5.74, 6) is -1.39. The van der Waals surface area contributed by atoms with Gasteiger partial charge in [-0.05, 0) is 23.3 Å². The first-order valence-electron chi connectivity index (χ1n) is 8.58. The molecular formula is C20H20N2O5. The first-order valence-corrected chi connectivity index (χ1v) is 8.58. The number of carboxylic acid groups (broad SMARTS) is 1.